The van der Waals surface area contributed by atoms with Crippen LogP contribution in [-0.4, -0.2) is 30.5 Å². The molecule has 0 aromatic heterocycles. The Morgan fingerprint density at radius 2 is 2.57 bits per heavy atom. The van der Waals surface area contributed by atoms with Gasteiger partial charge in [-0.1, -0.05) is 11.0 Å². The molecule has 0 radical (unpaired) electrons. The van der Waals surface area contributed by atoms with Crippen LogP contribution in [0.4, 0.5) is 0 Å². The van der Waals surface area contributed by atoms with Crippen molar-refractivity contribution in [3.05, 3.63) is 10.4 Å². The summed E-state index contributed by atoms with van der Waals surface area (Å²) < 4.78 is 0. The van der Waals surface area contributed by atoms with Crippen LogP contribution >= 0.6 is 11.8 Å². The number of hydrogen-bond acceptors (Lipinski definition) is 3. The summed E-state index contributed by atoms with van der Waals surface area (Å²) in [7, 11) is 0. The summed E-state index contributed by atoms with van der Waals surface area (Å²) in [5.41, 5.74) is 8.24. The Balaban J connectivity index is 4.12. The van der Waals surface area contributed by atoms with E-state index in [2.05, 4.69) is 21.3 Å². The van der Waals surface area contributed by atoms with Gasteiger partial charge in [-0.2, -0.15) is 11.8 Å². The molecule has 0 aliphatic heterocycles. The largest absolute Gasteiger partial charge is 0.345 e. The third-order valence-corrected chi connectivity index (χ3v) is 2.10. The van der Waals surface area contributed by atoms with Gasteiger partial charge in [-0.15, -0.1) is 6.42 Å². The average molecular weight is 212 g/mol. The molecule has 14 heavy (non-hydrogen) atoms. The van der Waals surface area contributed by atoms with E-state index in [0.717, 1.165) is 5.75 Å². The van der Waals surface area contributed by atoms with Crippen LogP contribution in [0, 0.1) is 12.3 Å². The van der Waals surface area contributed by atoms with Crippen molar-refractivity contribution in [2.24, 2.45) is 5.11 Å². The minimum atomic E-state index is -0.652. The molecule has 1 amide bonds. The van der Waals surface area contributed by atoms with Gasteiger partial charge in [-0.3, -0.25) is 4.79 Å². The quantitative estimate of drug-likeness (QED) is 0.310. The van der Waals surface area contributed by atoms with Gasteiger partial charge in [0.15, 0.2) is 0 Å². The summed E-state index contributed by atoms with van der Waals surface area (Å²) in [5.74, 6) is 2.74. The van der Waals surface area contributed by atoms with Gasteiger partial charge in [0, 0.05) is 4.91 Å². The number of azide groups is 1. The van der Waals surface area contributed by atoms with Crippen LogP contribution in [0.1, 0.15) is 6.42 Å². The Labute approximate surface area is 87.3 Å². The first kappa shape index (κ1) is 12.7. The molecule has 1 atom stereocenters. The molecule has 0 rings (SSSR count). The Bertz CT molecular complexity index is 267. The summed E-state index contributed by atoms with van der Waals surface area (Å²) in [4.78, 5) is 13.9. The van der Waals surface area contributed by atoms with E-state index in [-0.39, 0.29) is 12.5 Å². The molecule has 1 N–H and O–H groups in total. The Hall–Kier alpha value is -1.31. The first-order valence-electron chi connectivity index (χ1n) is 4.00. The van der Waals surface area contributed by atoms with E-state index in [1.165, 1.54) is 0 Å². The highest BCUT2D eigenvalue weighted by Gasteiger charge is 2.14. The lowest BCUT2D eigenvalue weighted by Crippen LogP contribution is -2.33. The van der Waals surface area contributed by atoms with Gasteiger partial charge in [-0.25, -0.2) is 0 Å². The normalized spacial score (nSPS) is 10.9. The number of amides is 1. The highest BCUT2D eigenvalue weighted by molar-refractivity contribution is 7.98. The Kier molecular flexibility index (Phi) is 7.52. The Morgan fingerprint density at radius 3 is 3.07 bits per heavy atom. The van der Waals surface area contributed by atoms with Crippen LogP contribution in [0.2, 0.25) is 0 Å². The first-order chi connectivity index (χ1) is 6.76. The fourth-order valence-corrected chi connectivity index (χ4v) is 1.25. The van der Waals surface area contributed by atoms with E-state index in [4.69, 9.17) is 12.0 Å². The third kappa shape index (κ3) is 5.36. The number of rotatable bonds is 6. The molecule has 6 heteroatoms. The van der Waals surface area contributed by atoms with Gasteiger partial charge in [-0.05, 0) is 24.0 Å². The molecule has 0 aromatic rings. The molecule has 5 nitrogen and oxygen atoms in total. The minimum absolute atomic E-state index is 0.162. The van der Waals surface area contributed by atoms with Crippen LogP contribution in [0.25, 0.3) is 10.4 Å². The lowest BCUT2D eigenvalue weighted by Gasteiger charge is -2.08. The van der Waals surface area contributed by atoms with Crippen molar-refractivity contribution in [1.82, 2.24) is 5.32 Å². The highest BCUT2D eigenvalue weighted by Crippen LogP contribution is 2.04. The highest BCUT2D eigenvalue weighted by atomic mass is 32.2. The van der Waals surface area contributed by atoms with Crippen LogP contribution in [0.3, 0.4) is 0 Å². The second kappa shape index (κ2) is 8.30. The number of nitrogens with zero attached hydrogens (tertiary/aromatic N) is 3. The summed E-state index contributed by atoms with van der Waals surface area (Å²) in [6, 6.07) is -0.652. The van der Waals surface area contributed by atoms with Crippen molar-refractivity contribution >= 4 is 17.7 Å². The number of thioether (sulfide) groups is 1. The molecule has 0 saturated carbocycles. The third-order valence-electron chi connectivity index (χ3n) is 1.45. The molecular weight excluding hydrogens is 200 g/mol. The molecule has 0 saturated heterocycles. The molecular formula is C8H12N4OS. The zero-order valence-electron chi connectivity index (χ0n) is 7.93. The van der Waals surface area contributed by atoms with E-state index < -0.39 is 6.04 Å². The second-order valence-corrected chi connectivity index (χ2v) is 3.41. The van der Waals surface area contributed by atoms with Crippen molar-refractivity contribution in [3.63, 3.8) is 0 Å². The second-order valence-electron chi connectivity index (χ2n) is 2.42. The van der Waals surface area contributed by atoms with Crippen molar-refractivity contribution < 1.29 is 4.79 Å². The summed E-state index contributed by atoms with van der Waals surface area (Å²) in [5, 5.41) is 5.88. The van der Waals surface area contributed by atoms with Crippen molar-refractivity contribution in [2.75, 3.05) is 18.6 Å². The predicted octanol–water partition coefficient (Wildman–Crippen LogP) is 1.17. The van der Waals surface area contributed by atoms with Gasteiger partial charge < -0.3 is 5.32 Å². The fraction of sp³-hybridized carbons (Fsp3) is 0.625. The van der Waals surface area contributed by atoms with Gasteiger partial charge in [0.2, 0.25) is 5.91 Å². The van der Waals surface area contributed by atoms with Crippen LogP contribution < -0.4 is 5.32 Å². The summed E-state index contributed by atoms with van der Waals surface area (Å²) in [6.45, 7) is 0.162. The maximum Gasteiger partial charge on any atom is 0.229 e. The number of nitrogens with one attached hydrogen (secondary N) is 1. The maximum absolute atomic E-state index is 11.3. The summed E-state index contributed by atoms with van der Waals surface area (Å²) in [6.07, 6.45) is 7.43. The smallest absolute Gasteiger partial charge is 0.229 e. The Morgan fingerprint density at radius 1 is 1.86 bits per heavy atom. The molecule has 76 valence electrons. The van der Waals surface area contributed by atoms with Crippen molar-refractivity contribution in [1.29, 1.82) is 0 Å². The molecule has 0 aliphatic carbocycles. The van der Waals surface area contributed by atoms with E-state index in [1.807, 2.05) is 6.26 Å². The van der Waals surface area contributed by atoms with Crippen LogP contribution in [0.5, 0.6) is 0 Å². The number of terminal acetylenes is 1. The van der Waals surface area contributed by atoms with E-state index in [0.29, 0.717) is 6.42 Å². The standard InChI is InChI=1S/C8H12N4OS/c1-3-5-10-8(13)7(11-12-9)4-6-14-2/h1,7H,4-6H2,2H3,(H,10,13)/t7-/m0/s1. The van der Waals surface area contributed by atoms with Crippen LogP contribution in [0.15, 0.2) is 5.11 Å². The lowest BCUT2D eigenvalue weighted by atomic mass is 10.2. The van der Waals surface area contributed by atoms with E-state index in [9.17, 15) is 4.79 Å². The molecule has 0 fully saturated rings. The average Bonchev–Trinajstić information content (AvgIpc) is 2.20. The lowest BCUT2D eigenvalue weighted by molar-refractivity contribution is -0.122. The van der Waals surface area contributed by atoms with Gasteiger partial charge in [0.05, 0.1) is 6.54 Å². The SMILES string of the molecule is C#CCNC(=O)[C@H](CCSC)N=[N+]=[N-]. The number of carbonyl (C=O) groups is 1. The van der Waals surface area contributed by atoms with E-state index in [1.54, 1.807) is 11.8 Å². The predicted molar refractivity (Wildman–Crippen MR) is 57.8 cm³/mol. The summed E-state index contributed by atoms with van der Waals surface area (Å²) >= 11 is 1.59. The fourth-order valence-electron chi connectivity index (χ4n) is 0.789. The molecule has 0 bridgehead atoms. The van der Waals surface area contributed by atoms with E-state index >= 15 is 0 Å². The maximum atomic E-state index is 11.3. The first-order valence-corrected chi connectivity index (χ1v) is 5.40. The van der Waals surface area contributed by atoms with Gasteiger partial charge >= 0.3 is 0 Å². The number of hydrogen-bond donors (Lipinski definition) is 1. The van der Waals surface area contributed by atoms with Gasteiger partial charge in [0.1, 0.15) is 6.04 Å². The van der Waals surface area contributed by atoms with Crippen molar-refractivity contribution in [3.8, 4) is 12.3 Å². The number of carbonyl (C=O) groups excluding carboxylic acids is 1. The molecule has 0 aliphatic rings. The topological polar surface area (TPSA) is 77.9 Å². The van der Waals surface area contributed by atoms with Gasteiger partial charge in [0.25, 0.3) is 0 Å². The molecule has 0 heterocycles. The van der Waals surface area contributed by atoms with Crippen LogP contribution in [-0.2, 0) is 4.79 Å². The zero-order valence-corrected chi connectivity index (χ0v) is 8.75. The minimum Gasteiger partial charge on any atom is -0.345 e. The van der Waals surface area contributed by atoms with Crippen molar-refractivity contribution in [2.45, 2.75) is 12.5 Å². The molecule has 0 spiro atoms. The zero-order chi connectivity index (χ0) is 10.8. The molecule has 0 unspecified atom stereocenters. The molecule has 0 aromatic carbocycles. The monoisotopic (exact) mass is 212 g/mol.